The fourth-order valence-electron chi connectivity index (χ4n) is 1.83. The summed E-state index contributed by atoms with van der Waals surface area (Å²) in [5.74, 6) is 0. The fraction of sp³-hybridized carbons (Fsp3) is 0.200. The molecule has 0 bridgehead atoms. The van der Waals surface area contributed by atoms with Crippen molar-refractivity contribution >= 4 is 10.0 Å². The molecule has 2 rings (SSSR count). The third-order valence-corrected chi connectivity index (χ3v) is 4.52. The molecule has 21 heavy (non-hydrogen) atoms. The highest BCUT2D eigenvalue weighted by Crippen LogP contribution is 2.12. The summed E-state index contributed by atoms with van der Waals surface area (Å²) in [6.45, 7) is 2.10. The lowest BCUT2D eigenvalue weighted by molar-refractivity contribution is 0.581. The molecule has 0 spiro atoms. The van der Waals surface area contributed by atoms with E-state index in [0.717, 1.165) is 16.7 Å². The standard InChI is InChI=1S/C15H15N3O2S/c1-12-10-17-9-7-14(12)11-18-21(19,20)15-4-2-13(3-5-15)6-8-16/h2-5,7,9-10,18H,6,11H2,1H3. The highest BCUT2D eigenvalue weighted by atomic mass is 32.2. The van der Waals surface area contributed by atoms with Gasteiger partial charge >= 0.3 is 0 Å². The zero-order chi connectivity index (χ0) is 15.3. The number of aryl methyl sites for hydroxylation is 1. The van der Waals surface area contributed by atoms with Crippen molar-refractivity contribution in [3.63, 3.8) is 0 Å². The van der Waals surface area contributed by atoms with E-state index in [-0.39, 0.29) is 17.9 Å². The van der Waals surface area contributed by atoms with Crippen molar-refractivity contribution in [1.29, 1.82) is 5.26 Å². The Kier molecular flexibility index (Phi) is 4.68. The van der Waals surface area contributed by atoms with Gasteiger partial charge in [0.1, 0.15) is 0 Å². The van der Waals surface area contributed by atoms with Crippen LogP contribution in [0.4, 0.5) is 0 Å². The van der Waals surface area contributed by atoms with Crippen molar-refractivity contribution in [2.45, 2.75) is 24.8 Å². The monoisotopic (exact) mass is 301 g/mol. The van der Waals surface area contributed by atoms with Gasteiger partial charge < -0.3 is 0 Å². The summed E-state index contributed by atoms with van der Waals surface area (Å²) in [6.07, 6.45) is 3.59. The molecule has 0 radical (unpaired) electrons. The Bertz CT molecular complexity index is 762. The third kappa shape index (κ3) is 3.88. The van der Waals surface area contributed by atoms with E-state index in [1.165, 1.54) is 12.1 Å². The van der Waals surface area contributed by atoms with Crippen LogP contribution in [0.15, 0.2) is 47.6 Å². The van der Waals surface area contributed by atoms with Crippen LogP contribution in [-0.2, 0) is 23.0 Å². The molecule has 1 heterocycles. The maximum atomic E-state index is 12.2. The summed E-state index contributed by atoms with van der Waals surface area (Å²) in [7, 11) is -3.56. The van der Waals surface area contributed by atoms with Gasteiger partial charge in [0.05, 0.1) is 17.4 Å². The molecule has 1 N–H and O–H groups in total. The summed E-state index contributed by atoms with van der Waals surface area (Å²) in [6, 6.07) is 10.1. The van der Waals surface area contributed by atoms with Crippen LogP contribution in [-0.4, -0.2) is 13.4 Å². The number of pyridine rings is 1. The minimum absolute atomic E-state index is 0.191. The van der Waals surface area contributed by atoms with Gasteiger partial charge in [-0.1, -0.05) is 12.1 Å². The third-order valence-electron chi connectivity index (χ3n) is 3.11. The van der Waals surface area contributed by atoms with Crippen LogP contribution in [0.5, 0.6) is 0 Å². The van der Waals surface area contributed by atoms with Gasteiger partial charge in [0.25, 0.3) is 0 Å². The second kappa shape index (κ2) is 6.48. The predicted molar refractivity (Wildman–Crippen MR) is 78.8 cm³/mol. The molecule has 5 nitrogen and oxygen atoms in total. The molecule has 0 saturated heterocycles. The molecule has 0 atom stereocenters. The van der Waals surface area contributed by atoms with Crippen molar-refractivity contribution in [2.24, 2.45) is 0 Å². The SMILES string of the molecule is Cc1cnccc1CNS(=O)(=O)c1ccc(CC#N)cc1. The lowest BCUT2D eigenvalue weighted by Crippen LogP contribution is -2.23. The van der Waals surface area contributed by atoms with E-state index >= 15 is 0 Å². The van der Waals surface area contributed by atoms with Crippen LogP contribution < -0.4 is 4.72 Å². The zero-order valence-corrected chi connectivity index (χ0v) is 12.4. The average molecular weight is 301 g/mol. The van der Waals surface area contributed by atoms with Crippen LogP contribution in [0.2, 0.25) is 0 Å². The largest absolute Gasteiger partial charge is 0.264 e. The van der Waals surface area contributed by atoms with E-state index in [2.05, 4.69) is 9.71 Å². The van der Waals surface area contributed by atoms with E-state index in [0.29, 0.717) is 0 Å². The second-order valence-electron chi connectivity index (χ2n) is 4.61. The molecule has 6 heteroatoms. The van der Waals surface area contributed by atoms with E-state index in [4.69, 9.17) is 5.26 Å². The molecule has 108 valence electrons. The van der Waals surface area contributed by atoms with Crippen molar-refractivity contribution in [3.05, 3.63) is 59.4 Å². The lowest BCUT2D eigenvalue weighted by Gasteiger charge is -2.09. The molecule has 1 aromatic carbocycles. The van der Waals surface area contributed by atoms with Crippen LogP contribution in [0.25, 0.3) is 0 Å². The molecule has 0 saturated carbocycles. The molecule has 0 amide bonds. The van der Waals surface area contributed by atoms with Gasteiger partial charge in [0.2, 0.25) is 10.0 Å². The zero-order valence-electron chi connectivity index (χ0n) is 11.6. The molecule has 1 aromatic heterocycles. The molecule has 0 aliphatic heterocycles. The number of hydrogen-bond donors (Lipinski definition) is 1. The van der Waals surface area contributed by atoms with E-state index in [1.807, 2.05) is 13.0 Å². The maximum Gasteiger partial charge on any atom is 0.240 e. The number of benzene rings is 1. The van der Waals surface area contributed by atoms with E-state index < -0.39 is 10.0 Å². The highest BCUT2D eigenvalue weighted by Gasteiger charge is 2.13. The first kappa shape index (κ1) is 15.2. The number of rotatable bonds is 5. The maximum absolute atomic E-state index is 12.2. The van der Waals surface area contributed by atoms with Crippen LogP contribution in [0.3, 0.4) is 0 Å². The first-order valence-corrected chi connectivity index (χ1v) is 7.86. The lowest BCUT2D eigenvalue weighted by atomic mass is 10.2. The van der Waals surface area contributed by atoms with Crippen molar-refractivity contribution < 1.29 is 8.42 Å². The summed E-state index contributed by atoms with van der Waals surface area (Å²) in [5.41, 5.74) is 2.61. The van der Waals surface area contributed by atoms with Gasteiger partial charge in [-0.3, -0.25) is 4.98 Å². The molecule has 0 aliphatic carbocycles. The number of nitriles is 1. The average Bonchev–Trinajstić information content (AvgIpc) is 2.47. The smallest absolute Gasteiger partial charge is 0.240 e. The summed E-state index contributed by atoms with van der Waals surface area (Å²) < 4.78 is 27.0. The van der Waals surface area contributed by atoms with Crippen molar-refractivity contribution in [3.8, 4) is 6.07 Å². The number of hydrogen-bond acceptors (Lipinski definition) is 4. The Morgan fingerprint density at radius 2 is 1.95 bits per heavy atom. The number of nitrogens with one attached hydrogen (secondary N) is 1. The van der Waals surface area contributed by atoms with E-state index in [9.17, 15) is 8.42 Å². The van der Waals surface area contributed by atoms with E-state index in [1.54, 1.807) is 30.6 Å². The van der Waals surface area contributed by atoms with Crippen LogP contribution in [0, 0.1) is 18.3 Å². The highest BCUT2D eigenvalue weighted by molar-refractivity contribution is 7.89. The van der Waals surface area contributed by atoms with Crippen LogP contribution in [0.1, 0.15) is 16.7 Å². The fourth-order valence-corrected chi connectivity index (χ4v) is 2.84. The number of nitrogens with zero attached hydrogens (tertiary/aromatic N) is 2. The molecule has 0 fully saturated rings. The second-order valence-corrected chi connectivity index (χ2v) is 6.37. The van der Waals surface area contributed by atoms with Gasteiger partial charge in [-0.25, -0.2) is 13.1 Å². The normalized spacial score (nSPS) is 11.0. The van der Waals surface area contributed by atoms with Gasteiger partial charge in [0, 0.05) is 18.9 Å². The Hall–Kier alpha value is -2.23. The van der Waals surface area contributed by atoms with Gasteiger partial charge in [-0.15, -0.1) is 0 Å². The first-order valence-electron chi connectivity index (χ1n) is 6.38. The minimum atomic E-state index is -3.56. The Morgan fingerprint density at radius 3 is 2.57 bits per heavy atom. The molecule has 2 aromatic rings. The van der Waals surface area contributed by atoms with Gasteiger partial charge in [-0.05, 0) is 41.8 Å². The summed E-state index contributed by atoms with van der Waals surface area (Å²) in [5, 5.41) is 8.60. The molecule has 0 unspecified atom stereocenters. The summed E-state index contributed by atoms with van der Waals surface area (Å²) >= 11 is 0. The Balaban J connectivity index is 2.12. The molecular weight excluding hydrogens is 286 g/mol. The van der Waals surface area contributed by atoms with Crippen LogP contribution >= 0.6 is 0 Å². The van der Waals surface area contributed by atoms with Crippen molar-refractivity contribution in [2.75, 3.05) is 0 Å². The number of sulfonamides is 1. The first-order chi connectivity index (χ1) is 10.0. The topological polar surface area (TPSA) is 82.8 Å². The molecular formula is C15H15N3O2S. The Morgan fingerprint density at radius 1 is 1.24 bits per heavy atom. The quantitative estimate of drug-likeness (QED) is 0.914. The van der Waals surface area contributed by atoms with Gasteiger partial charge in [-0.2, -0.15) is 5.26 Å². The summed E-state index contributed by atoms with van der Waals surface area (Å²) in [4.78, 5) is 4.16. The molecule has 0 aliphatic rings. The van der Waals surface area contributed by atoms with Crippen molar-refractivity contribution in [1.82, 2.24) is 9.71 Å². The minimum Gasteiger partial charge on any atom is -0.264 e. The Labute approximate surface area is 124 Å². The predicted octanol–water partition coefficient (Wildman–Crippen LogP) is 1.93. The van der Waals surface area contributed by atoms with Gasteiger partial charge in [0.15, 0.2) is 0 Å². The number of aromatic nitrogens is 1.